The van der Waals surface area contributed by atoms with Crippen LogP contribution in [0.2, 0.25) is 0 Å². The van der Waals surface area contributed by atoms with E-state index in [1.54, 1.807) is 0 Å². The summed E-state index contributed by atoms with van der Waals surface area (Å²) in [4.78, 5) is 13.4. The van der Waals surface area contributed by atoms with Gasteiger partial charge in [-0.1, -0.05) is 231 Å². The summed E-state index contributed by atoms with van der Waals surface area (Å²) in [5.74, 6) is -0.240. The van der Waals surface area contributed by atoms with E-state index < -0.39 is 124 Å². The van der Waals surface area contributed by atoms with Crippen molar-refractivity contribution in [1.29, 1.82) is 0 Å². The van der Waals surface area contributed by atoms with Crippen molar-refractivity contribution in [1.82, 2.24) is 5.32 Å². The number of hydrogen-bond acceptors (Lipinski definition) is 18. The molecule has 0 saturated carbocycles. The summed E-state index contributed by atoms with van der Waals surface area (Å²) in [7, 11) is 0. The average molecular weight is 1210 g/mol. The number of aliphatic hydroxyl groups excluding tert-OH is 11. The quantitative estimate of drug-likeness (QED) is 0.0202. The largest absolute Gasteiger partial charge is 0.394 e. The summed E-state index contributed by atoms with van der Waals surface area (Å²) in [6.07, 6.45) is 24.7. The van der Waals surface area contributed by atoms with Crippen LogP contribution >= 0.6 is 0 Å². The number of rotatable bonds is 52. The van der Waals surface area contributed by atoms with Crippen LogP contribution < -0.4 is 5.32 Å². The van der Waals surface area contributed by atoms with Gasteiger partial charge in [0.1, 0.15) is 73.2 Å². The van der Waals surface area contributed by atoms with Gasteiger partial charge >= 0.3 is 0 Å². The van der Waals surface area contributed by atoms with Gasteiger partial charge in [0, 0.05) is 6.42 Å². The Hall–Kier alpha value is -1.47. The number of amides is 1. The molecule has 3 aliphatic rings. The third-order valence-electron chi connectivity index (χ3n) is 17.3. The molecule has 0 aromatic heterocycles. The molecule has 0 spiro atoms. The fourth-order valence-electron chi connectivity index (χ4n) is 11.8. The summed E-state index contributed by atoms with van der Waals surface area (Å²) >= 11 is 0. The molecule has 0 aliphatic carbocycles. The van der Waals surface area contributed by atoms with Crippen LogP contribution in [-0.4, -0.2) is 193 Å². The Balaban J connectivity index is 1.36. The molecule has 17 unspecified atom stereocenters. The smallest absolute Gasteiger partial charge is 0.220 e. The van der Waals surface area contributed by atoms with Gasteiger partial charge in [-0.2, -0.15) is 0 Å². The minimum Gasteiger partial charge on any atom is -0.394 e. The number of ether oxygens (including phenoxy) is 6. The number of aliphatic hydroxyl groups is 11. The van der Waals surface area contributed by atoms with Crippen LogP contribution in [0.4, 0.5) is 0 Å². The van der Waals surface area contributed by atoms with Gasteiger partial charge in [-0.05, 0) is 38.5 Å². The zero-order valence-corrected chi connectivity index (χ0v) is 52.2. The Bertz CT molecular complexity index is 1580. The maximum Gasteiger partial charge on any atom is 0.220 e. The lowest BCUT2D eigenvalue weighted by atomic mass is 9.96. The number of unbranched alkanes of at least 4 members (excludes halogenated alkanes) is 34. The van der Waals surface area contributed by atoms with Gasteiger partial charge in [0.15, 0.2) is 18.9 Å². The van der Waals surface area contributed by atoms with Crippen molar-refractivity contribution in [2.45, 2.75) is 369 Å². The second-order valence-electron chi connectivity index (χ2n) is 24.6. The number of hydrogen-bond donors (Lipinski definition) is 12. The summed E-state index contributed by atoms with van der Waals surface area (Å²) in [6, 6.07) is -0.881. The molecule has 3 fully saturated rings. The maximum atomic E-state index is 13.4. The predicted octanol–water partition coefficient (Wildman–Crippen LogP) is 8.11. The zero-order chi connectivity index (χ0) is 61.2. The molecule has 0 radical (unpaired) electrons. The second-order valence-corrected chi connectivity index (χ2v) is 24.6. The fourth-order valence-corrected chi connectivity index (χ4v) is 11.8. The highest BCUT2D eigenvalue weighted by molar-refractivity contribution is 5.76. The third kappa shape index (κ3) is 30.8. The molecule has 3 aliphatic heterocycles. The van der Waals surface area contributed by atoms with E-state index in [-0.39, 0.29) is 18.9 Å². The molecule has 84 heavy (non-hydrogen) atoms. The lowest BCUT2D eigenvalue weighted by Crippen LogP contribution is -2.66. The normalized spacial score (nSPS) is 29.2. The molecular weight excluding hydrogens is 1080 g/mol. The number of nitrogens with one attached hydrogen (secondary N) is 1. The molecule has 19 heteroatoms. The van der Waals surface area contributed by atoms with Crippen molar-refractivity contribution in [2.24, 2.45) is 0 Å². The minimum absolute atomic E-state index is 0.240. The van der Waals surface area contributed by atoms with Crippen molar-refractivity contribution < 1.29 is 89.4 Å². The molecule has 3 heterocycles. The minimum atomic E-state index is -1.97. The molecule has 12 N–H and O–H groups in total. The number of allylic oxidation sites excluding steroid dienone is 2. The van der Waals surface area contributed by atoms with Crippen LogP contribution in [0.25, 0.3) is 0 Å². The van der Waals surface area contributed by atoms with Crippen LogP contribution in [0.3, 0.4) is 0 Å². The SMILES string of the molecule is CCCCCCCCCC/C=C\CCCCCCCCCCCCCCCCCCCC(=O)NC(COC1OC(CO)C(OC2OC(CO)C(OC3OC(CO)C(O)C(O)C3O)C(O)C2O)C(O)C1O)C(O)CCCCCCCCCCCC. The maximum absolute atomic E-state index is 13.4. The highest BCUT2D eigenvalue weighted by Gasteiger charge is 2.53. The molecule has 17 atom stereocenters. The first-order chi connectivity index (χ1) is 40.8. The number of carbonyl (C=O) groups excluding carboxylic acids is 1. The van der Waals surface area contributed by atoms with E-state index in [0.29, 0.717) is 12.8 Å². The predicted molar refractivity (Wildman–Crippen MR) is 323 cm³/mol. The van der Waals surface area contributed by atoms with E-state index in [1.165, 1.54) is 186 Å². The zero-order valence-electron chi connectivity index (χ0n) is 52.2. The number of carbonyl (C=O) groups is 1. The molecular formula is C65H123NO18. The summed E-state index contributed by atoms with van der Waals surface area (Å²) in [6.45, 7) is 1.79. The summed E-state index contributed by atoms with van der Waals surface area (Å²) in [5, 5.41) is 120. The van der Waals surface area contributed by atoms with Gasteiger partial charge in [0.25, 0.3) is 0 Å². The van der Waals surface area contributed by atoms with Crippen LogP contribution in [0, 0.1) is 0 Å². The molecule has 3 rings (SSSR count). The molecule has 19 nitrogen and oxygen atoms in total. The Labute approximate surface area is 506 Å². The molecule has 0 bridgehead atoms. The molecule has 3 saturated heterocycles. The van der Waals surface area contributed by atoms with Gasteiger partial charge in [0.2, 0.25) is 5.91 Å². The van der Waals surface area contributed by atoms with Crippen molar-refractivity contribution >= 4 is 5.91 Å². The first-order valence-electron chi connectivity index (χ1n) is 33.9. The van der Waals surface area contributed by atoms with Gasteiger partial charge < -0.3 is 89.9 Å². The average Bonchev–Trinajstić information content (AvgIpc) is 2.80. The standard InChI is InChI=1S/C65H123NO18/c1-3-5-7-9-11-13-15-16-17-18-19-20-21-22-23-24-25-26-27-28-29-30-31-32-33-35-37-39-41-43-53(71)66-48(49(70)42-40-38-36-34-14-12-10-8-6-4-2)47-79-63-59(77)56(74)61(51(45-68)81-63)84-65-60(78)57(75)62(52(46-69)82-65)83-64-58(76)55(73)54(72)50(44-67)80-64/h18-19,48-52,54-65,67-70,72-78H,3-17,20-47H2,1-2H3,(H,66,71)/b19-18-. The molecule has 496 valence electrons. The Morgan fingerprint density at radius 3 is 1.15 bits per heavy atom. The lowest BCUT2D eigenvalue weighted by Gasteiger charge is -2.48. The van der Waals surface area contributed by atoms with E-state index in [4.69, 9.17) is 28.4 Å². The van der Waals surface area contributed by atoms with E-state index in [9.17, 15) is 61.0 Å². The van der Waals surface area contributed by atoms with E-state index in [0.717, 1.165) is 44.9 Å². The Morgan fingerprint density at radius 1 is 0.417 bits per heavy atom. The Morgan fingerprint density at radius 2 is 0.750 bits per heavy atom. The van der Waals surface area contributed by atoms with Gasteiger partial charge in [-0.3, -0.25) is 4.79 Å². The first kappa shape index (κ1) is 76.8. The van der Waals surface area contributed by atoms with Crippen LogP contribution in [-0.2, 0) is 33.2 Å². The fraction of sp³-hybridized carbons (Fsp3) is 0.954. The van der Waals surface area contributed by atoms with Crippen LogP contribution in [0.1, 0.15) is 264 Å². The summed E-state index contributed by atoms with van der Waals surface area (Å²) < 4.78 is 34.3. The first-order valence-corrected chi connectivity index (χ1v) is 33.9. The monoisotopic (exact) mass is 1210 g/mol. The molecule has 0 aromatic carbocycles. The van der Waals surface area contributed by atoms with Crippen molar-refractivity contribution in [3.63, 3.8) is 0 Å². The van der Waals surface area contributed by atoms with Gasteiger partial charge in [-0.25, -0.2) is 0 Å². The van der Waals surface area contributed by atoms with Crippen molar-refractivity contribution in [3.05, 3.63) is 12.2 Å². The van der Waals surface area contributed by atoms with Crippen molar-refractivity contribution in [2.75, 3.05) is 26.4 Å². The van der Waals surface area contributed by atoms with Crippen LogP contribution in [0.15, 0.2) is 12.2 Å². The van der Waals surface area contributed by atoms with Gasteiger partial charge in [0.05, 0.1) is 38.6 Å². The Kier molecular flexibility index (Phi) is 44.2. The van der Waals surface area contributed by atoms with Gasteiger partial charge in [-0.15, -0.1) is 0 Å². The van der Waals surface area contributed by atoms with Crippen LogP contribution in [0.5, 0.6) is 0 Å². The van der Waals surface area contributed by atoms with E-state index in [1.807, 2.05) is 0 Å². The summed E-state index contributed by atoms with van der Waals surface area (Å²) in [5.41, 5.74) is 0. The van der Waals surface area contributed by atoms with E-state index >= 15 is 0 Å². The second kappa shape index (κ2) is 48.4. The molecule has 1 amide bonds. The highest BCUT2D eigenvalue weighted by atomic mass is 16.8. The lowest BCUT2D eigenvalue weighted by molar-refractivity contribution is -0.379. The molecule has 0 aromatic rings. The topological polar surface area (TPSA) is 307 Å². The van der Waals surface area contributed by atoms with E-state index in [2.05, 4.69) is 31.3 Å². The highest BCUT2D eigenvalue weighted by Crippen LogP contribution is 2.33. The third-order valence-corrected chi connectivity index (χ3v) is 17.3. The van der Waals surface area contributed by atoms with Crippen molar-refractivity contribution in [3.8, 4) is 0 Å².